The first kappa shape index (κ1) is 20.0. The van der Waals surface area contributed by atoms with Gasteiger partial charge in [0.05, 0.1) is 0 Å². The molecule has 1 saturated heterocycles. The highest BCUT2D eigenvalue weighted by Crippen LogP contribution is 2.22. The number of para-hydroxylation sites is 1. The number of benzene rings is 3. The zero-order valence-corrected chi connectivity index (χ0v) is 17.4. The van der Waals surface area contributed by atoms with Gasteiger partial charge in [0.25, 0.3) is 0 Å². The second kappa shape index (κ2) is 9.93. The monoisotopic (exact) mass is 406 g/mol. The van der Waals surface area contributed by atoms with E-state index in [2.05, 4.69) is 58.3 Å². The van der Waals surface area contributed by atoms with Crippen LogP contribution in [0.5, 0.6) is 5.75 Å². The highest BCUT2D eigenvalue weighted by atomic mass is 35.5. The molecule has 0 N–H and O–H groups in total. The predicted octanol–water partition coefficient (Wildman–Crippen LogP) is 5.24. The first-order valence-electron chi connectivity index (χ1n) is 10.2. The number of halogens is 1. The molecule has 0 aliphatic carbocycles. The van der Waals surface area contributed by atoms with Crippen LogP contribution in [0, 0.1) is 0 Å². The van der Waals surface area contributed by atoms with E-state index in [-0.39, 0.29) is 0 Å². The summed E-state index contributed by atoms with van der Waals surface area (Å²) >= 11 is 5.97. The quantitative estimate of drug-likeness (QED) is 0.533. The molecule has 0 spiro atoms. The summed E-state index contributed by atoms with van der Waals surface area (Å²) < 4.78 is 6.12. The lowest BCUT2D eigenvalue weighted by Gasteiger charge is -2.35. The Morgan fingerprint density at radius 1 is 0.655 bits per heavy atom. The zero-order valence-electron chi connectivity index (χ0n) is 16.6. The average molecular weight is 407 g/mol. The van der Waals surface area contributed by atoms with E-state index in [1.165, 1.54) is 11.1 Å². The van der Waals surface area contributed by atoms with Gasteiger partial charge in [0.2, 0.25) is 0 Å². The number of rotatable bonds is 7. The fourth-order valence-electron chi connectivity index (χ4n) is 3.71. The van der Waals surface area contributed by atoms with Crippen LogP contribution in [-0.4, -0.2) is 36.0 Å². The molecule has 3 aromatic carbocycles. The van der Waals surface area contributed by atoms with Gasteiger partial charge in [-0.25, -0.2) is 0 Å². The van der Waals surface area contributed by atoms with E-state index in [1.54, 1.807) is 0 Å². The minimum Gasteiger partial charge on any atom is -0.489 e. The van der Waals surface area contributed by atoms with Crippen molar-refractivity contribution in [1.82, 2.24) is 9.80 Å². The molecule has 0 unspecified atom stereocenters. The van der Waals surface area contributed by atoms with E-state index in [1.807, 2.05) is 30.3 Å². The van der Waals surface area contributed by atoms with Crippen molar-refractivity contribution in [1.29, 1.82) is 0 Å². The van der Waals surface area contributed by atoms with Gasteiger partial charge in [-0.3, -0.25) is 9.80 Å². The Kier molecular flexibility index (Phi) is 6.83. The first-order chi connectivity index (χ1) is 14.3. The number of ether oxygens (including phenoxy) is 1. The van der Waals surface area contributed by atoms with Crippen LogP contribution in [0.4, 0.5) is 0 Å². The fourth-order valence-corrected chi connectivity index (χ4v) is 3.83. The van der Waals surface area contributed by atoms with Crippen LogP contribution in [0.3, 0.4) is 0 Å². The molecule has 0 amide bonds. The van der Waals surface area contributed by atoms with Crippen LogP contribution in [0.1, 0.15) is 16.7 Å². The molecular formula is C25H27ClN2O. The van der Waals surface area contributed by atoms with Gasteiger partial charge in [-0.1, -0.05) is 72.3 Å². The molecule has 0 bridgehead atoms. The van der Waals surface area contributed by atoms with Gasteiger partial charge in [0.15, 0.2) is 0 Å². The topological polar surface area (TPSA) is 15.7 Å². The van der Waals surface area contributed by atoms with E-state index < -0.39 is 0 Å². The van der Waals surface area contributed by atoms with E-state index in [0.717, 1.165) is 55.6 Å². The highest BCUT2D eigenvalue weighted by molar-refractivity contribution is 6.30. The molecule has 1 heterocycles. The summed E-state index contributed by atoms with van der Waals surface area (Å²) in [7, 11) is 0. The summed E-state index contributed by atoms with van der Waals surface area (Å²) in [5.41, 5.74) is 3.76. The standard InChI is InChI=1S/C25H27ClN2O/c26-24-12-10-22(11-13-24)20-29-25-9-5-4-8-23(25)19-28-16-14-27(15-17-28)18-21-6-2-1-3-7-21/h1-13H,14-20H2. The van der Waals surface area contributed by atoms with Crippen LogP contribution < -0.4 is 4.74 Å². The van der Waals surface area contributed by atoms with Gasteiger partial charge in [-0.05, 0) is 29.3 Å². The second-order valence-electron chi connectivity index (χ2n) is 7.56. The van der Waals surface area contributed by atoms with Gasteiger partial charge in [0, 0.05) is 49.9 Å². The van der Waals surface area contributed by atoms with E-state index in [4.69, 9.17) is 16.3 Å². The van der Waals surface area contributed by atoms with Gasteiger partial charge in [0.1, 0.15) is 12.4 Å². The molecule has 0 saturated carbocycles. The zero-order chi connectivity index (χ0) is 19.9. The third-order valence-electron chi connectivity index (χ3n) is 5.39. The summed E-state index contributed by atoms with van der Waals surface area (Å²) in [6.45, 7) is 6.88. The SMILES string of the molecule is Clc1ccc(COc2ccccc2CN2CCN(Cc3ccccc3)CC2)cc1. The van der Waals surface area contributed by atoms with Crippen LogP contribution in [0.2, 0.25) is 5.02 Å². The summed E-state index contributed by atoms with van der Waals surface area (Å²) in [4.78, 5) is 5.06. The first-order valence-corrected chi connectivity index (χ1v) is 10.6. The third-order valence-corrected chi connectivity index (χ3v) is 5.64. The van der Waals surface area contributed by atoms with E-state index >= 15 is 0 Å². The molecule has 1 aliphatic rings. The average Bonchev–Trinajstić information content (AvgIpc) is 2.76. The van der Waals surface area contributed by atoms with E-state index in [0.29, 0.717) is 6.61 Å². The largest absolute Gasteiger partial charge is 0.489 e. The second-order valence-corrected chi connectivity index (χ2v) is 8.00. The lowest BCUT2D eigenvalue weighted by molar-refractivity contribution is 0.121. The molecule has 0 atom stereocenters. The maximum atomic E-state index is 6.12. The molecule has 4 heteroatoms. The fraction of sp³-hybridized carbons (Fsp3) is 0.280. The van der Waals surface area contributed by atoms with Crippen molar-refractivity contribution in [3.05, 3.63) is 101 Å². The van der Waals surface area contributed by atoms with Crippen LogP contribution in [0.15, 0.2) is 78.9 Å². The Morgan fingerprint density at radius 3 is 2.00 bits per heavy atom. The predicted molar refractivity (Wildman–Crippen MR) is 119 cm³/mol. The van der Waals surface area contributed by atoms with Crippen molar-refractivity contribution < 1.29 is 4.74 Å². The Hall–Kier alpha value is -2.33. The van der Waals surface area contributed by atoms with Gasteiger partial charge < -0.3 is 4.74 Å². The van der Waals surface area contributed by atoms with E-state index in [9.17, 15) is 0 Å². The van der Waals surface area contributed by atoms with Gasteiger partial charge in [-0.15, -0.1) is 0 Å². The maximum absolute atomic E-state index is 6.12. The van der Waals surface area contributed by atoms with Crippen molar-refractivity contribution in [3.63, 3.8) is 0 Å². The summed E-state index contributed by atoms with van der Waals surface area (Å²) in [6, 6.07) is 26.9. The maximum Gasteiger partial charge on any atom is 0.124 e. The molecular weight excluding hydrogens is 380 g/mol. The van der Waals surface area contributed by atoms with Crippen molar-refractivity contribution in [2.75, 3.05) is 26.2 Å². The normalized spacial score (nSPS) is 15.3. The molecule has 3 aromatic rings. The third kappa shape index (κ3) is 5.83. The highest BCUT2D eigenvalue weighted by Gasteiger charge is 2.18. The number of hydrogen-bond acceptors (Lipinski definition) is 3. The van der Waals surface area contributed by atoms with Crippen LogP contribution in [-0.2, 0) is 19.7 Å². The minimum absolute atomic E-state index is 0.555. The molecule has 0 aromatic heterocycles. The lowest BCUT2D eigenvalue weighted by atomic mass is 10.1. The van der Waals surface area contributed by atoms with Crippen LogP contribution in [0.25, 0.3) is 0 Å². The summed E-state index contributed by atoms with van der Waals surface area (Å²) in [5.74, 6) is 0.967. The van der Waals surface area contributed by atoms with Crippen molar-refractivity contribution in [2.45, 2.75) is 19.7 Å². The minimum atomic E-state index is 0.555. The van der Waals surface area contributed by atoms with Crippen LogP contribution >= 0.6 is 11.6 Å². The summed E-state index contributed by atoms with van der Waals surface area (Å²) in [6.07, 6.45) is 0. The number of piperazine rings is 1. The Balaban J connectivity index is 1.30. The van der Waals surface area contributed by atoms with Crippen molar-refractivity contribution in [2.24, 2.45) is 0 Å². The van der Waals surface area contributed by atoms with Gasteiger partial charge >= 0.3 is 0 Å². The number of hydrogen-bond donors (Lipinski definition) is 0. The molecule has 150 valence electrons. The van der Waals surface area contributed by atoms with Crippen molar-refractivity contribution >= 4 is 11.6 Å². The molecule has 1 fully saturated rings. The smallest absolute Gasteiger partial charge is 0.124 e. The molecule has 0 radical (unpaired) electrons. The van der Waals surface area contributed by atoms with Crippen molar-refractivity contribution in [3.8, 4) is 5.75 Å². The molecule has 29 heavy (non-hydrogen) atoms. The summed E-state index contributed by atoms with van der Waals surface area (Å²) in [5, 5.41) is 0.751. The Morgan fingerprint density at radius 2 is 1.28 bits per heavy atom. The molecule has 1 aliphatic heterocycles. The Labute approximate surface area is 178 Å². The molecule has 4 rings (SSSR count). The lowest BCUT2D eigenvalue weighted by Crippen LogP contribution is -2.45. The number of nitrogens with zero attached hydrogens (tertiary/aromatic N) is 2. The molecule has 3 nitrogen and oxygen atoms in total. The van der Waals surface area contributed by atoms with Gasteiger partial charge in [-0.2, -0.15) is 0 Å². The Bertz CT molecular complexity index is 890.